The van der Waals surface area contributed by atoms with Gasteiger partial charge in [0.25, 0.3) is 5.91 Å². The largest absolute Gasteiger partial charge is 0.416 e. The number of hydrogen-bond donors (Lipinski definition) is 2. The van der Waals surface area contributed by atoms with Crippen molar-refractivity contribution >= 4 is 17.8 Å². The van der Waals surface area contributed by atoms with Crippen LogP contribution >= 0.6 is 0 Å². The van der Waals surface area contributed by atoms with Crippen LogP contribution in [0.4, 0.5) is 18.0 Å². The summed E-state index contributed by atoms with van der Waals surface area (Å²) in [6.45, 7) is 0.668. The molecule has 30 heavy (non-hydrogen) atoms. The summed E-state index contributed by atoms with van der Waals surface area (Å²) in [5.74, 6) is -1.51. The number of carbonyl (C=O) groups excluding carboxylic acids is 3. The Morgan fingerprint density at radius 1 is 1.27 bits per heavy atom. The van der Waals surface area contributed by atoms with E-state index in [0.29, 0.717) is 17.7 Å². The van der Waals surface area contributed by atoms with Crippen LogP contribution < -0.4 is 10.6 Å². The molecule has 10 heteroatoms. The molecule has 3 rings (SSSR count). The number of rotatable bonds is 4. The van der Waals surface area contributed by atoms with Crippen molar-refractivity contribution in [3.05, 3.63) is 35.4 Å². The van der Waals surface area contributed by atoms with Crippen LogP contribution in [-0.2, 0) is 21.3 Å². The number of nitrogens with one attached hydrogen (secondary N) is 2. The lowest BCUT2D eigenvalue weighted by Crippen LogP contribution is -2.52. The average molecular weight is 422 g/mol. The molecule has 4 amide bonds. The molecule has 1 saturated heterocycles. The molecule has 1 atom stereocenters. The number of amides is 4. The Morgan fingerprint density at radius 3 is 2.53 bits per heavy atom. The van der Waals surface area contributed by atoms with Crippen LogP contribution in [0.15, 0.2) is 24.3 Å². The Balaban J connectivity index is 1.78. The highest BCUT2D eigenvalue weighted by molar-refractivity contribution is 6.09. The summed E-state index contributed by atoms with van der Waals surface area (Å²) in [5, 5.41) is 14.5. The van der Waals surface area contributed by atoms with Gasteiger partial charge in [0.2, 0.25) is 5.91 Å². The van der Waals surface area contributed by atoms with Gasteiger partial charge in [-0.05, 0) is 37.5 Å². The van der Waals surface area contributed by atoms with Gasteiger partial charge in [0.05, 0.1) is 11.6 Å². The fourth-order valence-corrected chi connectivity index (χ4v) is 3.91. The van der Waals surface area contributed by atoms with Gasteiger partial charge in [-0.25, -0.2) is 4.79 Å². The van der Waals surface area contributed by atoms with Gasteiger partial charge in [0.1, 0.15) is 17.6 Å². The van der Waals surface area contributed by atoms with Crippen molar-refractivity contribution < 1.29 is 27.6 Å². The molecular formula is C20H21F3N4O3. The Labute approximate surface area is 171 Å². The smallest absolute Gasteiger partial charge is 0.336 e. The Kier molecular flexibility index (Phi) is 5.50. The number of benzene rings is 1. The van der Waals surface area contributed by atoms with Crippen LogP contribution in [0.1, 0.15) is 50.2 Å². The van der Waals surface area contributed by atoms with Gasteiger partial charge in [-0.1, -0.05) is 31.4 Å². The molecule has 1 unspecified atom stereocenters. The topological polar surface area (TPSA) is 102 Å². The number of halogens is 3. The predicted octanol–water partition coefficient (Wildman–Crippen LogP) is 2.82. The molecule has 1 saturated carbocycles. The van der Waals surface area contributed by atoms with E-state index in [9.17, 15) is 32.8 Å². The van der Waals surface area contributed by atoms with Crippen molar-refractivity contribution in [1.82, 2.24) is 15.5 Å². The third-order valence-corrected chi connectivity index (χ3v) is 5.64. The molecule has 1 aromatic rings. The van der Waals surface area contributed by atoms with E-state index < -0.39 is 47.2 Å². The third kappa shape index (κ3) is 3.97. The van der Waals surface area contributed by atoms with E-state index in [1.54, 1.807) is 0 Å². The van der Waals surface area contributed by atoms with Crippen LogP contribution in [0.3, 0.4) is 0 Å². The minimum absolute atomic E-state index is 0.0423. The maximum atomic E-state index is 13.0. The third-order valence-electron chi connectivity index (χ3n) is 5.64. The molecule has 0 spiro atoms. The van der Waals surface area contributed by atoms with E-state index in [2.05, 4.69) is 16.7 Å². The van der Waals surface area contributed by atoms with Gasteiger partial charge in [-0.3, -0.25) is 14.5 Å². The van der Waals surface area contributed by atoms with Gasteiger partial charge in [0, 0.05) is 0 Å². The zero-order valence-corrected chi connectivity index (χ0v) is 16.3. The SMILES string of the molecule is CC1(c2cccc(C(F)(F)F)c2)NC(=O)N(CC(=O)NC2(C#N)CCCCC2)C1=O. The maximum Gasteiger partial charge on any atom is 0.416 e. The van der Waals surface area contributed by atoms with E-state index in [-0.39, 0.29) is 5.56 Å². The molecule has 1 heterocycles. The number of hydrogen-bond acceptors (Lipinski definition) is 4. The molecule has 0 aromatic heterocycles. The van der Waals surface area contributed by atoms with Crippen LogP contribution in [0.2, 0.25) is 0 Å². The van der Waals surface area contributed by atoms with Gasteiger partial charge >= 0.3 is 12.2 Å². The first-order valence-electron chi connectivity index (χ1n) is 9.55. The second kappa shape index (κ2) is 7.63. The summed E-state index contributed by atoms with van der Waals surface area (Å²) >= 11 is 0. The highest BCUT2D eigenvalue weighted by atomic mass is 19.4. The number of nitriles is 1. The number of carbonyl (C=O) groups is 3. The number of imide groups is 1. The molecule has 0 bridgehead atoms. The summed E-state index contributed by atoms with van der Waals surface area (Å²) < 4.78 is 39.1. The second-order valence-corrected chi connectivity index (χ2v) is 7.83. The van der Waals surface area contributed by atoms with Crippen LogP contribution in [0.25, 0.3) is 0 Å². The fourth-order valence-electron chi connectivity index (χ4n) is 3.91. The zero-order chi connectivity index (χ0) is 22.2. The Bertz CT molecular complexity index is 919. The minimum atomic E-state index is -4.61. The Hall–Kier alpha value is -3.09. The molecule has 2 N–H and O–H groups in total. The molecular weight excluding hydrogens is 401 g/mol. The lowest BCUT2D eigenvalue weighted by Gasteiger charge is -2.32. The van der Waals surface area contributed by atoms with Crippen LogP contribution in [-0.4, -0.2) is 34.8 Å². The lowest BCUT2D eigenvalue weighted by molar-refractivity contribution is -0.138. The number of alkyl halides is 3. The Morgan fingerprint density at radius 2 is 1.93 bits per heavy atom. The van der Waals surface area contributed by atoms with Crippen molar-refractivity contribution in [2.75, 3.05) is 6.54 Å². The molecule has 1 aliphatic heterocycles. The van der Waals surface area contributed by atoms with Crippen LogP contribution in [0, 0.1) is 11.3 Å². The molecule has 2 fully saturated rings. The summed E-state index contributed by atoms with van der Waals surface area (Å²) in [5.41, 5.74) is -3.76. The first-order chi connectivity index (χ1) is 14.0. The fraction of sp³-hybridized carbons (Fsp3) is 0.500. The van der Waals surface area contributed by atoms with E-state index in [1.807, 2.05) is 0 Å². The first kappa shape index (κ1) is 21.6. The van der Waals surface area contributed by atoms with E-state index >= 15 is 0 Å². The molecule has 0 radical (unpaired) electrons. The highest BCUT2D eigenvalue weighted by Crippen LogP contribution is 2.34. The van der Waals surface area contributed by atoms with Crippen molar-refractivity contribution in [2.45, 2.75) is 56.3 Å². The van der Waals surface area contributed by atoms with Gasteiger partial charge in [0.15, 0.2) is 0 Å². The minimum Gasteiger partial charge on any atom is -0.336 e. The summed E-state index contributed by atoms with van der Waals surface area (Å²) in [6, 6.07) is 5.36. The monoisotopic (exact) mass is 422 g/mol. The number of urea groups is 1. The van der Waals surface area contributed by atoms with Crippen molar-refractivity contribution in [3.63, 3.8) is 0 Å². The maximum absolute atomic E-state index is 13.0. The molecule has 1 aliphatic carbocycles. The predicted molar refractivity (Wildman–Crippen MR) is 98.6 cm³/mol. The number of nitrogens with zero attached hydrogens (tertiary/aromatic N) is 2. The summed E-state index contributed by atoms with van der Waals surface area (Å²) in [6.07, 6.45) is -1.12. The van der Waals surface area contributed by atoms with E-state index in [1.165, 1.54) is 13.0 Å². The summed E-state index contributed by atoms with van der Waals surface area (Å²) in [7, 11) is 0. The van der Waals surface area contributed by atoms with Crippen molar-refractivity contribution in [1.29, 1.82) is 5.26 Å². The highest BCUT2D eigenvalue weighted by Gasteiger charge is 2.50. The molecule has 7 nitrogen and oxygen atoms in total. The van der Waals surface area contributed by atoms with Gasteiger partial charge in [-0.2, -0.15) is 18.4 Å². The first-order valence-corrected chi connectivity index (χ1v) is 9.55. The summed E-state index contributed by atoms with van der Waals surface area (Å²) in [4.78, 5) is 38.4. The standard InChI is InChI=1S/C20H21F3N4O3/c1-18(13-6-5-7-14(10-13)20(21,22)23)16(29)27(17(30)26-18)11-15(28)25-19(12-24)8-3-2-4-9-19/h5-7,10H,2-4,8-9,11H2,1H3,(H,25,28)(H,26,30). The van der Waals surface area contributed by atoms with E-state index in [4.69, 9.17) is 0 Å². The van der Waals surface area contributed by atoms with Crippen LogP contribution in [0.5, 0.6) is 0 Å². The van der Waals surface area contributed by atoms with Crippen molar-refractivity contribution in [3.8, 4) is 6.07 Å². The average Bonchev–Trinajstić information content (AvgIpc) is 2.92. The molecule has 1 aromatic carbocycles. The lowest BCUT2D eigenvalue weighted by atomic mass is 9.83. The van der Waals surface area contributed by atoms with Crippen molar-refractivity contribution in [2.24, 2.45) is 0 Å². The zero-order valence-electron chi connectivity index (χ0n) is 16.3. The van der Waals surface area contributed by atoms with Gasteiger partial charge in [-0.15, -0.1) is 0 Å². The second-order valence-electron chi connectivity index (χ2n) is 7.83. The molecule has 2 aliphatic rings. The van der Waals surface area contributed by atoms with Gasteiger partial charge < -0.3 is 10.6 Å². The van der Waals surface area contributed by atoms with E-state index in [0.717, 1.165) is 37.5 Å². The molecule has 160 valence electrons. The quantitative estimate of drug-likeness (QED) is 0.729. The normalized spacial score (nSPS) is 23.6.